The third-order valence-corrected chi connectivity index (χ3v) is 17.9. The third-order valence-electron chi connectivity index (χ3n) is 17.3. The van der Waals surface area contributed by atoms with Crippen molar-refractivity contribution in [3.63, 3.8) is 0 Å². The molecule has 1 rings (SSSR count). The van der Waals surface area contributed by atoms with Gasteiger partial charge in [0, 0.05) is 13.0 Å². The first kappa shape index (κ1) is 92.2. The maximum atomic E-state index is 14.7. The minimum atomic E-state index is -1.64. The summed E-state index contributed by atoms with van der Waals surface area (Å²) in [6, 6.07) is -10.4. The first-order chi connectivity index (χ1) is 48.3. The number of aliphatic imine (C=N–C) groups is 1. The van der Waals surface area contributed by atoms with Crippen molar-refractivity contribution >= 4 is 100 Å². The molecule has 0 heterocycles. The number of carbonyl (C=O) groups excluding carboxylic acids is 13. The summed E-state index contributed by atoms with van der Waals surface area (Å²) in [5.74, 6) is -14.6. The molecule has 35 heteroatoms. The van der Waals surface area contributed by atoms with E-state index in [-0.39, 0.29) is 94.4 Å². The first-order valence-corrected chi connectivity index (χ1v) is 36.7. The second-order valence-electron chi connectivity index (χ2n) is 27.0. The van der Waals surface area contributed by atoms with Crippen LogP contribution in [0.5, 0.6) is 5.75 Å². The number of rotatable bonds is 51. The number of carbonyl (C=O) groups is 14. The molecule has 0 aromatic heterocycles. The van der Waals surface area contributed by atoms with Crippen LogP contribution in [0.4, 0.5) is 0 Å². The van der Waals surface area contributed by atoms with Gasteiger partial charge in [0.25, 0.3) is 0 Å². The van der Waals surface area contributed by atoms with Crippen LogP contribution >= 0.6 is 11.8 Å². The highest BCUT2D eigenvalue weighted by Gasteiger charge is 2.39. The van der Waals surface area contributed by atoms with Crippen molar-refractivity contribution in [2.75, 3.05) is 25.1 Å². The van der Waals surface area contributed by atoms with E-state index in [1.165, 1.54) is 30.8 Å². The fourth-order valence-electron chi connectivity index (χ4n) is 10.5. The summed E-state index contributed by atoms with van der Waals surface area (Å²) in [6.07, 6.45) is 2.25. The Balaban J connectivity index is 3.62. The molecule has 34 nitrogen and oxygen atoms in total. The van der Waals surface area contributed by atoms with Crippen LogP contribution < -0.4 is 92.9 Å². The maximum Gasteiger partial charge on any atom is 0.326 e. The van der Waals surface area contributed by atoms with Gasteiger partial charge in [-0.25, -0.2) is 4.79 Å². The Morgan fingerprint density at radius 3 is 1.30 bits per heavy atom. The minimum Gasteiger partial charge on any atom is -0.508 e. The van der Waals surface area contributed by atoms with Crippen LogP contribution in [0.2, 0.25) is 0 Å². The van der Waals surface area contributed by atoms with Crippen LogP contribution in [0, 0.1) is 29.6 Å². The molecular formula is C68H118N18O16S. The fraction of sp³-hybridized carbons (Fsp3) is 0.691. The predicted octanol–water partition coefficient (Wildman–Crippen LogP) is -1.99. The van der Waals surface area contributed by atoms with E-state index in [9.17, 15) is 77.3 Å². The molecule has 0 spiro atoms. The summed E-state index contributed by atoms with van der Waals surface area (Å²) in [5, 5.41) is 48.4. The van der Waals surface area contributed by atoms with Gasteiger partial charge >= 0.3 is 5.97 Å². The molecule has 25 N–H and O–H groups in total. The van der Waals surface area contributed by atoms with E-state index < -0.39 is 179 Å². The molecule has 0 radical (unpaired) electrons. The van der Waals surface area contributed by atoms with Crippen LogP contribution in [0.1, 0.15) is 172 Å². The lowest BCUT2D eigenvalue weighted by Crippen LogP contribution is -2.62. The van der Waals surface area contributed by atoms with E-state index in [4.69, 9.17) is 34.4 Å². The van der Waals surface area contributed by atoms with Gasteiger partial charge in [0.15, 0.2) is 5.96 Å². The summed E-state index contributed by atoms with van der Waals surface area (Å²) in [5.41, 5.74) is 34.6. The molecule has 0 aliphatic rings. The number of thioether (sulfide) groups is 1. The van der Waals surface area contributed by atoms with Crippen molar-refractivity contribution in [3.8, 4) is 5.75 Å². The molecule has 15 atom stereocenters. The van der Waals surface area contributed by atoms with Gasteiger partial charge in [0.05, 0.1) is 12.5 Å². The van der Waals surface area contributed by atoms with Crippen LogP contribution in [-0.4, -0.2) is 197 Å². The average molecular weight is 1480 g/mol. The number of phenolic OH excluding ortho intramolecular Hbond substituents is 1. The second-order valence-corrected chi connectivity index (χ2v) is 28.0. The van der Waals surface area contributed by atoms with Gasteiger partial charge in [0.2, 0.25) is 76.8 Å². The first-order valence-electron chi connectivity index (χ1n) is 35.3. The molecule has 13 amide bonds. The summed E-state index contributed by atoms with van der Waals surface area (Å²) in [7, 11) is 0. The number of hydrogen-bond donors (Lipinski definition) is 19. The number of benzene rings is 1. The van der Waals surface area contributed by atoms with Gasteiger partial charge < -0.3 is 103 Å². The molecule has 103 heavy (non-hydrogen) atoms. The van der Waals surface area contributed by atoms with Gasteiger partial charge in [-0.15, -0.1) is 0 Å². The van der Waals surface area contributed by atoms with Gasteiger partial charge in [0.1, 0.15) is 72.2 Å². The van der Waals surface area contributed by atoms with E-state index in [1.807, 2.05) is 0 Å². The number of aliphatic carboxylic acids is 1. The zero-order valence-electron chi connectivity index (χ0n) is 61.8. The molecule has 1 aromatic carbocycles. The van der Waals surface area contributed by atoms with E-state index in [1.54, 1.807) is 87.6 Å². The van der Waals surface area contributed by atoms with Crippen molar-refractivity contribution in [3.05, 3.63) is 29.8 Å². The van der Waals surface area contributed by atoms with Crippen molar-refractivity contribution in [2.45, 2.75) is 245 Å². The van der Waals surface area contributed by atoms with Crippen LogP contribution in [-0.2, 0) is 73.5 Å². The standard InChI is InChI=1S/C68H118N18O16S/c1-13-37(8)53(65(99)76-40(11)56(90)77-44(19-16-17-28-69)59(93)83-50(34-52(72)89)64(98)86-55(67(101)102)39(10)15-3)84-61(95)47(27-30-103-12)79-58(92)45(20-18-29-75-68(73)74)80-66(100)54(38(9)14-2)85-63(97)49(32-36(6)7)82-62(96)48(31-35(4)5)81-60(94)46(25-26-51(71)88)78-57(91)43(70)33-41-21-23-42(87)24-22-41/h21-24,35-40,43-50,53-55,87H,13-20,25-34,69-70H2,1-12H3,(H2,71,88)(H2,72,89)(H,76,99)(H,77,90)(H,78,91)(H,79,92)(H,80,100)(H,81,94)(H,82,96)(H,83,93)(H,84,95)(H,85,97)(H,86,98)(H,101,102)(H4,73,74,75)/t37-,38-,39-,40-,43-,44-,45-,46-,47-,48-,49-,50-,53-,54-,55-/m0/s1. The highest BCUT2D eigenvalue weighted by molar-refractivity contribution is 7.98. The monoisotopic (exact) mass is 1470 g/mol. The maximum absolute atomic E-state index is 14.7. The number of hydrogen-bond acceptors (Lipinski definition) is 19. The number of phenols is 1. The highest BCUT2D eigenvalue weighted by atomic mass is 32.2. The van der Waals surface area contributed by atoms with Crippen molar-refractivity contribution in [1.29, 1.82) is 0 Å². The van der Waals surface area contributed by atoms with E-state index >= 15 is 0 Å². The summed E-state index contributed by atoms with van der Waals surface area (Å²) < 4.78 is 0. The largest absolute Gasteiger partial charge is 0.508 e. The number of carboxylic acids is 1. The molecule has 0 fully saturated rings. The lowest BCUT2D eigenvalue weighted by molar-refractivity contribution is -0.144. The second kappa shape index (κ2) is 48.2. The number of nitrogens with one attached hydrogen (secondary N) is 11. The molecule has 0 saturated carbocycles. The molecule has 582 valence electrons. The molecular weight excluding hydrogens is 1360 g/mol. The molecule has 0 unspecified atom stereocenters. The summed E-state index contributed by atoms with van der Waals surface area (Å²) in [4.78, 5) is 196. The number of guanidine groups is 1. The smallest absolute Gasteiger partial charge is 0.326 e. The number of primary amides is 2. The zero-order chi connectivity index (χ0) is 78.4. The minimum absolute atomic E-state index is 0.000660. The van der Waals surface area contributed by atoms with Crippen molar-refractivity contribution in [2.24, 2.45) is 69.0 Å². The molecule has 0 aliphatic heterocycles. The Morgan fingerprint density at radius 2 is 0.845 bits per heavy atom. The number of nitrogens with zero attached hydrogens (tertiary/aromatic N) is 1. The zero-order valence-corrected chi connectivity index (χ0v) is 62.6. The normalized spacial score (nSPS) is 15.6. The lowest BCUT2D eigenvalue weighted by Gasteiger charge is -2.31. The number of nitrogens with two attached hydrogens (primary N) is 6. The predicted molar refractivity (Wildman–Crippen MR) is 390 cm³/mol. The third kappa shape index (κ3) is 35.3. The summed E-state index contributed by atoms with van der Waals surface area (Å²) >= 11 is 1.34. The topological polar surface area (TPSA) is 580 Å². The Kier molecular flexibility index (Phi) is 43.1. The van der Waals surface area contributed by atoms with E-state index in [0.29, 0.717) is 43.4 Å². The Labute approximate surface area is 608 Å². The molecule has 0 bridgehead atoms. The Morgan fingerprint density at radius 1 is 0.456 bits per heavy atom. The molecule has 1 aromatic rings. The van der Waals surface area contributed by atoms with Crippen LogP contribution in [0.25, 0.3) is 0 Å². The highest BCUT2D eigenvalue weighted by Crippen LogP contribution is 2.18. The van der Waals surface area contributed by atoms with Gasteiger partial charge in [-0.1, -0.05) is 101 Å². The number of aromatic hydroxyl groups is 1. The number of unbranched alkanes of at least 4 members (excludes halogenated alkanes) is 1. The Bertz CT molecular complexity index is 2990. The van der Waals surface area contributed by atoms with Crippen LogP contribution in [0.3, 0.4) is 0 Å². The molecule has 0 aliphatic carbocycles. The lowest BCUT2D eigenvalue weighted by atomic mass is 9.95. The number of carboxylic acid groups (broad SMARTS) is 1. The SMILES string of the molecule is CC[C@H](C)[C@H](NC(=O)[C@H](CC(N)=O)NC(=O)[C@H](CCCCN)NC(=O)[C@H](C)NC(=O)[C@@H](NC(=O)[C@H](CCSC)NC(=O)[C@H](CCCN=C(N)N)NC(=O)[C@@H](NC(=O)[C@H](CC(C)C)NC(=O)[C@H](CC(C)C)NC(=O)[C@H](CCC(N)=O)NC(=O)[C@@H](N)Cc1ccc(O)cc1)[C@@H](C)CC)[C@@H](C)CC)C(=O)O. The fourth-order valence-corrected chi connectivity index (χ4v) is 11.0. The van der Waals surface area contributed by atoms with Gasteiger partial charge in [-0.05, 0) is 137 Å². The van der Waals surface area contributed by atoms with Crippen LogP contribution in [0.15, 0.2) is 29.3 Å². The van der Waals surface area contributed by atoms with E-state index in [0.717, 1.165) is 0 Å². The summed E-state index contributed by atoms with van der Waals surface area (Å²) in [6.45, 7) is 18.9. The Hall–Kier alpha value is -8.86. The average Bonchev–Trinajstić information content (AvgIpc) is 0.537. The van der Waals surface area contributed by atoms with Crippen molar-refractivity contribution < 1.29 is 77.3 Å². The quantitative estimate of drug-likeness (QED) is 0.0191. The number of amides is 13. The van der Waals surface area contributed by atoms with Gasteiger partial charge in [-0.2, -0.15) is 11.8 Å². The van der Waals surface area contributed by atoms with Crippen molar-refractivity contribution in [1.82, 2.24) is 58.5 Å². The molecule has 0 saturated heterocycles. The van der Waals surface area contributed by atoms with E-state index in [2.05, 4.69) is 63.5 Å². The van der Waals surface area contributed by atoms with Gasteiger partial charge in [-0.3, -0.25) is 67.3 Å².